The molecule has 0 bridgehead atoms. The lowest BCUT2D eigenvalue weighted by Crippen LogP contribution is -2.37. The number of H-pyrrole nitrogens is 1. The van der Waals surface area contributed by atoms with Crippen molar-refractivity contribution >= 4 is 5.91 Å². The van der Waals surface area contributed by atoms with Crippen LogP contribution >= 0.6 is 0 Å². The number of amides is 1. The van der Waals surface area contributed by atoms with Crippen molar-refractivity contribution in [2.75, 3.05) is 13.1 Å². The molecule has 0 aliphatic carbocycles. The monoisotopic (exact) mass is 384 g/mol. The molecule has 0 unspecified atom stereocenters. The highest BCUT2D eigenvalue weighted by Gasteiger charge is 2.25. The molecule has 1 aliphatic rings. The summed E-state index contributed by atoms with van der Waals surface area (Å²) in [6.45, 7) is 5.51. The minimum Gasteiger partial charge on any atom is -0.344 e. The van der Waals surface area contributed by atoms with Crippen LogP contribution in [-0.4, -0.2) is 33.9 Å². The third-order valence-corrected chi connectivity index (χ3v) is 5.88. The molecule has 146 valence electrons. The number of aromatic nitrogens is 2. The van der Waals surface area contributed by atoms with E-state index in [0.717, 1.165) is 54.0 Å². The summed E-state index contributed by atoms with van der Waals surface area (Å²) in [5.74, 6) is 0.523. The van der Waals surface area contributed by atoms with Crippen LogP contribution in [0.1, 0.15) is 51.5 Å². The fourth-order valence-electron chi connectivity index (χ4n) is 4.09. The molecule has 4 rings (SSSR count). The van der Waals surface area contributed by atoms with Crippen molar-refractivity contribution in [3.05, 3.63) is 76.7 Å². The topological polar surface area (TPSA) is 72.8 Å². The van der Waals surface area contributed by atoms with Gasteiger partial charge in [-0.15, -0.1) is 0 Å². The number of piperidine rings is 1. The number of rotatable bonds is 3. The lowest BCUT2D eigenvalue weighted by molar-refractivity contribution is 0.0713. The largest absolute Gasteiger partial charge is 0.344 e. The summed E-state index contributed by atoms with van der Waals surface area (Å²) >= 11 is 0. The number of aromatic amines is 1. The van der Waals surface area contributed by atoms with E-state index in [9.17, 15) is 4.79 Å². The molecule has 1 N–H and O–H groups in total. The molecule has 1 aromatic heterocycles. The average Bonchev–Trinajstić information content (AvgIpc) is 3.19. The summed E-state index contributed by atoms with van der Waals surface area (Å²) in [5.41, 5.74) is 6.70. The molecule has 3 aromatic rings. The van der Waals surface area contributed by atoms with Gasteiger partial charge in [-0.05, 0) is 68.0 Å². The van der Waals surface area contributed by atoms with Gasteiger partial charge in [-0.25, -0.2) is 4.98 Å². The zero-order valence-electron chi connectivity index (χ0n) is 16.8. The van der Waals surface area contributed by atoms with E-state index in [0.29, 0.717) is 11.5 Å². The third-order valence-electron chi connectivity index (χ3n) is 5.88. The Bertz CT molecular complexity index is 1070. The molecular formula is C24H24N4O. The number of nitrogens with zero attached hydrogens (tertiary/aromatic N) is 3. The van der Waals surface area contributed by atoms with Crippen LogP contribution in [0.2, 0.25) is 0 Å². The molecule has 5 heteroatoms. The molecule has 1 fully saturated rings. The molecule has 0 spiro atoms. The highest BCUT2D eigenvalue weighted by atomic mass is 16.2. The number of nitrogens with one attached hydrogen (secondary N) is 1. The van der Waals surface area contributed by atoms with Crippen LogP contribution in [-0.2, 0) is 0 Å². The van der Waals surface area contributed by atoms with Gasteiger partial charge in [0, 0.05) is 24.2 Å². The Labute approximate surface area is 171 Å². The fourth-order valence-corrected chi connectivity index (χ4v) is 4.09. The van der Waals surface area contributed by atoms with Crippen LogP contribution in [0, 0.1) is 25.2 Å². The molecule has 0 atom stereocenters. The quantitative estimate of drug-likeness (QED) is 0.718. The van der Waals surface area contributed by atoms with Gasteiger partial charge < -0.3 is 9.88 Å². The summed E-state index contributed by atoms with van der Waals surface area (Å²) in [5, 5.41) is 8.96. The zero-order valence-corrected chi connectivity index (χ0v) is 16.8. The van der Waals surface area contributed by atoms with Crippen LogP contribution in [0.25, 0.3) is 11.3 Å². The molecule has 2 heterocycles. The van der Waals surface area contributed by atoms with Gasteiger partial charge in [0.2, 0.25) is 0 Å². The summed E-state index contributed by atoms with van der Waals surface area (Å²) in [6.07, 6.45) is 3.57. The van der Waals surface area contributed by atoms with Crippen LogP contribution < -0.4 is 0 Å². The molecule has 2 aromatic carbocycles. The molecule has 1 amide bonds. The van der Waals surface area contributed by atoms with E-state index in [-0.39, 0.29) is 5.91 Å². The first-order valence-corrected chi connectivity index (χ1v) is 9.97. The Morgan fingerprint density at radius 3 is 2.48 bits per heavy atom. The van der Waals surface area contributed by atoms with Gasteiger partial charge >= 0.3 is 0 Å². The lowest BCUT2D eigenvalue weighted by atomic mass is 9.88. The Kier molecular flexibility index (Phi) is 5.18. The van der Waals surface area contributed by atoms with E-state index >= 15 is 0 Å². The second-order valence-electron chi connectivity index (χ2n) is 7.69. The van der Waals surface area contributed by atoms with E-state index in [1.807, 2.05) is 61.2 Å². The van der Waals surface area contributed by atoms with Crippen molar-refractivity contribution in [3.8, 4) is 17.3 Å². The van der Waals surface area contributed by atoms with Gasteiger partial charge in [0.25, 0.3) is 5.91 Å². The third kappa shape index (κ3) is 3.79. The maximum atomic E-state index is 13.1. The summed E-state index contributed by atoms with van der Waals surface area (Å²) in [6, 6.07) is 15.9. The Morgan fingerprint density at radius 2 is 1.86 bits per heavy atom. The summed E-state index contributed by atoms with van der Waals surface area (Å²) < 4.78 is 0. The molecule has 29 heavy (non-hydrogen) atoms. The van der Waals surface area contributed by atoms with Gasteiger partial charge in [0.15, 0.2) is 0 Å². The number of aryl methyl sites for hydroxylation is 2. The van der Waals surface area contributed by atoms with Crippen LogP contribution in [0.3, 0.4) is 0 Å². The van der Waals surface area contributed by atoms with Crippen molar-refractivity contribution < 1.29 is 4.79 Å². The molecule has 1 aliphatic heterocycles. The van der Waals surface area contributed by atoms with E-state index in [4.69, 9.17) is 5.26 Å². The lowest BCUT2D eigenvalue weighted by Gasteiger charge is -2.32. The standard InChI is InChI=1S/C24H24N4O/c1-16-3-6-21(13-22(16)23-17(2)26-15-27-23)24(29)28-11-9-20(10-12-28)19-7-4-18(14-25)5-8-19/h3-8,13,15,20H,9-12H2,1-2H3,(H,26,27). The number of likely N-dealkylation sites (tertiary alicyclic amines) is 1. The maximum absolute atomic E-state index is 13.1. The second-order valence-corrected chi connectivity index (χ2v) is 7.69. The van der Waals surface area contributed by atoms with Crippen LogP contribution in [0.5, 0.6) is 0 Å². The highest BCUT2D eigenvalue weighted by molar-refractivity contribution is 5.95. The first kappa shape index (κ1) is 18.9. The van der Waals surface area contributed by atoms with Crippen LogP contribution in [0.4, 0.5) is 0 Å². The maximum Gasteiger partial charge on any atom is 0.253 e. The Balaban J connectivity index is 1.47. The number of hydrogen-bond acceptors (Lipinski definition) is 3. The first-order chi connectivity index (χ1) is 14.1. The fraction of sp³-hybridized carbons (Fsp3) is 0.292. The smallest absolute Gasteiger partial charge is 0.253 e. The molecule has 0 saturated carbocycles. The van der Waals surface area contributed by atoms with E-state index < -0.39 is 0 Å². The van der Waals surface area contributed by atoms with Gasteiger partial charge in [-0.2, -0.15) is 5.26 Å². The van der Waals surface area contributed by atoms with E-state index in [2.05, 4.69) is 16.0 Å². The molecule has 0 radical (unpaired) electrons. The van der Waals surface area contributed by atoms with Crippen molar-refractivity contribution in [2.45, 2.75) is 32.6 Å². The van der Waals surface area contributed by atoms with Gasteiger partial charge in [0.1, 0.15) is 0 Å². The predicted molar refractivity (Wildman–Crippen MR) is 113 cm³/mol. The number of imidazole rings is 1. The summed E-state index contributed by atoms with van der Waals surface area (Å²) in [7, 11) is 0. The second kappa shape index (κ2) is 7.92. The van der Waals surface area contributed by atoms with E-state index in [1.54, 1.807) is 6.33 Å². The van der Waals surface area contributed by atoms with Gasteiger partial charge in [0.05, 0.1) is 29.3 Å². The van der Waals surface area contributed by atoms with E-state index in [1.165, 1.54) is 5.56 Å². The minimum atomic E-state index is 0.0849. The molecule has 1 saturated heterocycles. The van der Waals surface area contributed by atoms with Crippen molar-refractivity contribution in [2.24, 2.45) is 0 Å². The number of carbonyl (C=O) groups excluding carboxylic acids is 1. The van der Waals surface area contributed by atoms with Crippen LogP contribution in [0.15, 0.2) is 48.8 Å². The number of benzene rings is 2. The number of carbonyl (C=O) groups is 1. The van der Waals surface area contributed by atoms with Crippen molar-refractivity contribution in [1.82, 2.24) is 14.9 Å². The Morgan fingerprint density at radius 1 is 1.14 bits per heavy atom. The number of nitriles is 1. The molecule has 5 nitrogen and oxygen atoms in total. The summed E-state index contributed by atoms with van der Waals surface area (Å²) in [4.78, 5) is 22.5. The first-order valence-electron chi connectivity index (χ1n) is 9.97. The van der Waals surface area contributed by atoms with Crippen molar-refractivity contribution in [1.29, 1.82) is 5.26 Å². The SMILES string of the molecule is Cc1ccc(C(=O)N2CCC(c3ccc(C#N)cc3)CC2)cc1-c1[nH]cnc1C. The van der Waals surface area contributed by atoms with Crippen molar-refractivity contribution in [3.63, 3.8) is 0 Å². The zero-order chi connectivity index (χ0) is 20.4. The average molecular weight is 384 g/mol. The Hall–Kier alpha value is -3.39. The van der Waals surface area contributed by atoms with Gasteiger partial charge in [-0.1, -0.05) is 18.2 Å². The number of hydrogen-bond donors (Lipinski definition) is 1. The normalized spacial score (nSPS) is 14.6. The highest BCUT2D eigenvalue weighted by Crippen LogP contribution is 2.30. The predicted octanol–water partition coefficient (Wildman–Crippen LogP) is 4.59. The molecular weight excluding hydrogens is 360 g/mol. The van der Waals surface area contributed by atoms with Gasteiger partial charge in [-0.3, -0.25) is 4.79 Å². The minimum absolute atomic E-state index is 0.0849.